The van der Waals surface area contributed by atoms with Crippen LogP contribution >= 0.6 is 11.8 Å². The summed E-state index contributed by atoms with van der Waals surface area (Å²) in [7, 11) is 0. The average molecular weight is 311 g/mol. The maximum atomic E-state index is 10.8. The lowest BCUT2D eigenvalue weighted by molar-refractivity contribution is 0.260. The Morgan fingerprint density at radius 1 is 1.35 bits per heavy atom. The molecule has 0 fully saturated rings. The number of rotatable bonds is 3. The molecule has 20 heavy (non-hydrogen) atoms. The summed E-state index contributed by atoms with van der Waals surface area (Å²) in [5.74, 6) is 4.47. The van der Waals surface area contributed by atoms with Crippen LogP contribution < -0.4 is 16.7 Å². The van der Waals surface area contributed by atoms with Gasteiger partial charge in [-0.2, -0.15) is 5.10 Å². The number of nitrogens with zero attached hydrogens (tertiary/aromatic N) is 1. The predicted molar refractivity (Wildman–Crippen MR) is 86.1 cm³/mol. The lowest BCUT2D eigenvalue weighted by atomic mass is 10.2. The number of nitrogens with two attached hydrogens (primary N) is 1. The van der Waals surface area contributed by atoms with Gasteiger partial charge in [-0.3, -0.25) is 4.79 Å². The highest BCUT2D eigenvalue weighted by Crippen LogP contribution is 1.99. The number of allylic oxidation sites excluding steroid dienone is 1. The van der Waals surface area contributed by atoms with E-state index in [1.54, 1.807) is 24.0 Å². The van der Waals surface area contributed by atoms with Crippen LogP contribution in [0.25, 0.3) is 6.08 Å². The molecule has 0 heterocycles. The summed E-state index contributed by atoms with van der Waals surface area (Å²) in [5, 5.41) is 2.92. The number of thioether (sulfide) groups is 1. The normalized spacial score (nSPS) is 9.90. The fraction of sp³-hybridized carbons (Fsp3) is 0.0833. The number of hydrazone groups is 1. The SMILES string of the molecule is CSC(=O)NN=CC=Cc1ccccc1.NNC(=O)[S-]. The lowest BCUT2D eigenvalue weighted by Crippen LogP contribution is -2.26. The first-order valence-electron chi connectivity index (χ1n) is 5.36. The van der Waals surface area contributed by atoms with Crippen molar-refractivity contribution in [3.8, 4) is 0 Å². The number of hydrazine groups is 1. The van der Waals surface area contributed by atoms with Gasteiger partial charge in [-0.15, -0.1) is 0 Å². The van der Waals surface area contributed by atoms with E-state index < -0.39 is 5.24 Å². The van der Waals surface area contributed by atoms with Gasteiger partial charge in [0.05, 0.1) is 0 Å². The predicted octanol–water partition coefficient (Wildman–Crippen LogP) is 1.87. The molecule has 0 spiro atoms. The van der Waals surface area contributed by atoms with Crippen LogP contribution in [0.2, 0.25) is 0 Å². The molecule has 0 saturated carbocycles. The molecule has 2 amide bonds. The van der Waals surface area contributed by atoms with Gasteiger partial charge in [-0.25, -0.2) is 11.3 Å². The summed E-state index contributed by atoms with van der Waals surface area (Å²) < 4.78 is 0. The van der Waals surface area contributed by atoms with Gasteiger partial charge >= 0.3 is 0 Å². The zero-order valence-electron chi connectivity index (χ0n) is 10.8. The lowest BCUT2D eigenvalue weighted by Gasteiger charge is -1.95. The van der Waals surface area contributed by atoms with Crippen LogP contribution in [0.1, 0.15) is 5.56 Å². The van der Waals surface area contributed by atoms with Crippen LogP contribution in [0.5, 0.6) is 0 Å². The number of carbonyl (C=O) groups excluding carboxylic acids is 2. The van der Waals surface area contributed by atoms with Crippen molar-refractivity contribution >= 4 is 47.2 Å². The van der Waals surface area contributed by atoms with Crippen molar-refractivity contribution in [3.63, 3.8) is 0 Å². The highest BCUT2D eigenvalue weighted by Gasteiger charge is 1.90. The second-order valence-corrected chi connectivity index (χ2v) is 4.23. The van der Waals surface area contributed by atoms with Crippen LogP contribution in [-0.4, -0.2) is 22.9 Å². The summed E-state index contributed by atoms with van der Waals surface area (Å²) in [5.41, 5.74) is 5.16. The molecule has 0 bridgehead atoms. The minimum Gasteiger partial charge on any atom is -0.718 e. The fourth-order valence-corrected chi connectivity index (χ4v) is 1.04. The minimum absolute atomic E-state index is 0.167. The average Bonchev–Trinajstić information content (AvgIpc) is 2.48. The molecule has 8 heteroatoms. The maximum absolute atomic E-state index is 10.8. The van der Waals surface area contributed by atoms with Gasteiger partial charge in [0.1, 0.15) is 5.24 Å². The Morgan fingerprint density at radius 2 is 1.95 bits per heavy atom. The molecule has 1 rings (SSSR count). The molecule has 0 aliphatic carbocycles. The standard InChI is InChI=1S/C11H12N2OS.CH4N2OS/c1-15-11(14)13-12-9-5-8-10-6-3-2-4-7-10;2-3-1(4)5/h2-9H,1H3,(H,13,14);2H2,(H2,3,4,5)/p-1. The zero-order chi connectivity index (χ0) is 15.2. The van der Waals surface area contributed by atoms with E-state index in [1.165, 1.54) is 0 Å². The van der Waals surface area contributed by atoms with Crippen molar-refractivity contribution in [1.29, 1.82) is 0 Å². The molecular formula is C12H15N4O2S2-. The number of carbonyl (C=O) groups is 2. The van der Waals surface area contributed by atoms with E-state index in [4.69, 9.17) is 0 Å². The van der Waals surface area contributed by atoms with Crippen molar-refractivity contribution in [1.82, 2.24) is 10.9 Å². The third kappa shape index (κ3) is 11.2. The van der Waals surface area contributed by atoms with Gasteiger partial charge in [0, 0.05) is 6.21 Å². The molecule has 0 aliphatic rings. The van der Waals surface area contributed by atoms with E-state index in [0.717, 1.165) is 17.3 Å². The van der Waals surface area contributed by atoms with Crippen LogP contribution in [0, 0.1) is 0 Å². The molecule has 0 atom stereocenters. The van der Waals surface area contributed by atoms with E-state index >= 15 is 0 Å². The number of amides is 2. The third-order valence-corrected chi connectivity index (χ3v) is 2.29. The molecule has 0 radical (unpaired) electrons. The Bertz CT molecular complexity index is 464. The van der Waals surface area contributed by atoms with Crippen LogP contribution in [-0.2, 0) is 12.6 Å². The Hall–Kier alpha value is -1.90. The van der Waals surface area contributed by atoms with Crippen LogP contribution in [0.3, 0.4) is 0 Å². The zero-order valence-corrected chi connectivity index (χ0v) is 12.4. The molecule has 0 aliphatic heterocycles. The second-order valence-electron chi connectivity index (χ2n) is 3.08. The summed E-state index contributed by atoms with van der Waals surface area (Å²) in [6.07, 6.45) is 6.93. The Labute approximate surface area is 127 Å². The highest BCUT2D eigenvalue weighted by molar-refractivity contribution is 8.12. The van der Waals surface area contributed by atoms with Crippen LogP contribution in [0.4, 0.5) is 9.59 Å². The summed E-state index contributed by atoms with van der Waals surface area (Å²) in [6.45, 7) is 0. The first-order chi connectivity index (χ1) is 9.60. The molecule has 0 saturated heterocycles. The summed E-state index contributed by atoms with van der Waals surface area (Å²) >= 11 is 5.00. The Morgan fingerprint density at radius 3 is 2.45 bits per heavy atom. The van der Waals surface area contributed by atoms with E-state index in [9.17, 15) is 9.59 Å². The van der Waals surface area contributed by atoms with Gasteiger partial charge in [0.15, 0.2) is 0 Å². The largest absolute Gasteiger partial charge is 0.718 e. The number of hydrogen-bond donors (Lipinski definition) is 3. The van der Waals surface area contributed by atoms with Crippen molar-refractivity contribution < 1.29 is 9.59 Å². The first-order valence-corrected chi connectivity index (χ1v) is 6.99. The molecule has 4 N–H and O–H groups in total. The van der Waals surface area contributed by atoms with Crippen LogP contribution in [0.15, 0.2) is 41.5 Å². The summed E-state index contributed by atoms with van der Waals surface area (Å²) in [4.78, 5) is 20.2. The van der Waals surface area contributed by atoms with E-state index in [-0.39, 0.29) is 5.24 Å². The number of hydrogen-bond acceptors (Lipinski definition) is 6. The molecule has 1 aromatic rings. The molecule has 1 aromatic carbocycles. The Balaban J connectivity index is 0.000000621. The molecular weight excluding hydrogens is 296 g/mol. The maximum Gasteiger partial charge on any atom is 0.298 e. The minimum atomic E-state index is -0.634. The van der Waals surface area contributed by atoms with Crippen molar-refractivity contribution in [2.45, 2.75) is 0 Å². The second kappa shape index (κ2) is 12.2. The third-order valence-electron chi connectivity index (χ3n) is 1.71. The van der Waals surface area contributed by atoms with Crippen molar-refractivity contribution in [3.05, 3.63) is 42.0 Å². The fourth-order valence-electron chi connectivity index (χ4n) is 0.897. The monoisotopic (exact) mass is 311 g/mol. The molecule has 0 unspecified atom stereocenters. The van der Waals surface area contributed by atoms with E-state index in [2.05, 4.69) is 29.0 Å². The van der Waals surface area contributed by atoms with Gasteiger partial charge in [-0.05, 0) is 17.9 Å². The molecule has 0 aromatic heterocycles. The topological polar surface area (TPSA) is 96.6 Å². The smallest absolute Gasteiger partial charge is 0.298 e. The van der Waals surface area contributed by atoms with Gasteiger partial charge < -0.3 is 22.8 Å². The van der Waals surface area contributed by atoms with Gasteiger partial charge in [-0.1, -0.05) is 48.2 Å². The molecule has 108 valence electrons. The quantitative estimate of drug-likeness (QED) is 0.260. The van der Waals surface area contributed by atoms with Gasteiger partial charge in [0.25, 0.3) is 5.24 Å². The van der Waals surface area contributed by atoms with Crippen molar-refractivity contribution in [2.75, 3.05) is 6.26 Å². The van der Waals surface area contributed by atoms with Gasteiger partial charge in [0.2, 0.25) is 0 Å². The summed E-state index contributed by atoms with van der Waals surface area (Å²) in [6, 6.07) is 9.87. The van der Waals surface area contributed by atoms with Crippen molar-refractivity contribution in [2.24, 2.45) is 10.9 Å². The molecule has 6 nitrogen and oxygen atoms in total. The first kappa shape index (κ1) is 18.1. The number of nitrogens with one attached hydrogen (secondary N) is 2. The van der Waals surface area contributed by atoms with E-state index in [0.29, 0.717) is 0 Å². The number of benzene rings is 1. The Kier molecular flexibility index (Phi) is 11.0. The highest BCUT2D eigenvalue weighted by atomic mass is 32.2. The van der Waals surface area contributed by atoms with E-state index in [1.807, 2.05) is 36.4 Å².